The summed E-state index contributed by atoms with van der Waals surface area (Å²) in [6, 6.07) is 19.6. The zero-order valence-electron chi connectivity index (χ0n) is 19.2. The molecule has 1 fully saturated rings. The van der Waals surface area contributed by atoms with E-state index in [-0.39, 0.29) is 6.54 Å². The molecule has 172 valence electrons. The summed E-state index contributed by atoms with van der Waals surface area (Å²) in [5, 5.41) is 9.85. The Labute approximate surface area is 189 Å². The van der Waals surface area contributed by atoms with Gasteiger partial charge in [-0.1, -0.05) is 60.7 Å². The fraction of sp³-hybridized carbons (Fsp3) is 0.440. The number of hydrogen-bond donors (Lipinski definition) is 1. The Balaban J connectivity index is 1.78. The highest BCUT2D eigenvalue weighted by atomic mass is 16.6. The normalized spacial score (nSPS) is 17.8. The summed E-state index contributed by atoms with van der Waals surface area (Å²) >= 11 is 0. The van der Waals surface area contributed by atoms with E-state index in [1.54, 1.807) is 13.8 Å². The molecule has 1 amide bonds. The summed E-state index contributed by atoms with van der Waals surface area (Å²) in [4.78, 5) is 28.6. The van der Waals surface area contributed by atoms with Gasteiger partial charge in [0.05, 0.1) is 12.1 Å². The van der Waals surface area contributed by atoms with Gasteiger partial charge in [-0.25, -0.2) is 9.59 Å². The van der Waals surface area contributed by atoms with Gasteiger partial charge in [-0.2, -0.15) is 0 Å². The molecule has 32 heavy (non-hydrogen) atoms. The Morgan fingerprint density at radius 2 is 1.50 bits per heavy atom. The monoisotopic (exact) mass is 440 g/mol. The van der Waals surface area contributed by atoms with Gasteiger partial charge in [-0.3, -0.25) is 9.80 Å². The minimum atomic E-state index is -1.32. The molecule has 7 nitrogen and oxygen atoms in total. The number of amides is 1. The van der Waals surface area contributed by atoms with E-state index in [9.17, 15) is 14.7 Å². The number of benzene rings is 2. The highest BCUT2D eigenvalue weighted by molar-refractivity contribution is 5.78. The predicted octanol–water partition coefficient (Wildman–Crippen LogP) is 4.13. The SMILES string of the molecule is CC1(C)COC(C)(C)N1C(=O)OC(CN(Cc1ccccc1)Cc1ccccc1)C(=O)O. The highest BCUT2D eigenvalue weighted by Gasteiger charge is 2.50. The molecule has 0 spiro atoms. The lowest BCUT2D eigenvalue weighted by atomic mass is 10.0. The predicted molar refractivity (Wildman–Crippen MR) is 121 cm³/mol. The Morgan fingerprint density at radius 1 is 1.00 bits per heavy atom. The molecule has 7 heteroatoms. The van der Waals surface area contributed by atoms with Gasteiger partial charge in [0.15, 0.2) is 0 Å². The van der Waals surface area contributed by atoms with Crippen LogP contribution in [0.4, 0.5) is 4.79 Å². The smallest absolute Gasteiger partial charge is 0.413 e. The molecule has 2 aromatic rings. The molecule has 1 saturated heterocycles. The average molecular weight is 441 g/mol. The molecule has 1 atom stereocenters. The van der Waals surface area contributed by atoms with Crippen molar-refractivity contribution in [2.45, 2.75) is 58.2 Å². The molecule has 1 heterocycles. The van der Waals surface area contributed by atoms with Gasteiger partial charge < -0.3 is 14.6 Å². The maximum absolute atomic E-state index is 13.0. The van der Waals surface area contributed by atoms with Crippen molar-refractivity contribution in [2.24, 2.45) is 0 Å². The van der Waals surface area contributed by atoms with Crippen LogP contribution in [-0.4, -0.2) is 57.5 Å². The molecule has 0 radical (unpaired) electrons. The summed E-state index contributed by atoms with van der Waals surface area (Å²) in [6.45, 7) is 8.75. The number of carbonyl (C=O) groups excluding carboxylic acids is 1. The van der Waals surface area contributed by atoms with Crippen LogP contribution >= 0.6 is 0 Å². The van der Waals surface area contributed by atoms with Crippen LogP contribution in [0.3, 0.4) is 0 Å². The Kier molecular flexibility index (Phi) is 7.21. The number of ether oxygens (including phenoxy) is 2. The average Bonchev–Trinajstić information content (AvgIpc) is 2.96. The number of rotatable bonds is 8. The van der Waals surface area contributed by atoms with Gasteiger partial charge in [0, 0.05) is 19.6 Å². The second-order valence-corrected chi connectivity index (χ2v) is 9.23. The van der Waals surface area contributed by atoms with Crippen molar-refractivity contribution < 1.29 is 24.2 Å². The van der Waals surface area contributed by atoms with Crippen molar-refractivity contribution in [1.29, 1.82) is 0 Å². The minimum absolute atomic E-state index is 0.0560. The summed E-state index contributed by atoms with van der Waals surface area (Å²) in [6.07, 6.45) is -2.01. The third-order valence-corrected chi connectivity index (χ3v) is 5.55. The summed E-state index contributed by atoms with van der Waals surface area (Å²) in [5.41, 5.74) is 0.623. The van der Waals surface area contributed by atoms with Crippen molar-refractivity contribution >= 4 is 12.1 Å². The van der Waals surface area contributed by atoms with Crippen molar-refractivity contribution in [3.63, 3.8) is 0 Å². The first-order valence-electron chi connectivity index (χ1n) is 10.8. The topological polar surface area (TPSA) is 79.3 Å². The molecule has 1 aliphatic heterocycles. The highest BCUT2D eigenvalue weighted by Crippen LogP contribution is 2.35. The molecule has 0 bridgehead atoms. The quantitative estimate of drug-likeness (QED) is 0.665. The van der Waals surface area contributed by atoms with Gasteiger partial charge in [-0.15, -0.1) is 0 Å². The lowest BCUT2D eigenvalue weighted by molar-refractivity contribution is -0.150. The van der Waals surface area contributed by atoms with E-state index in [0.29, 0.717) is 19.7 Å². The fourth-order valence-electron chi connectivity index (χ4n) is 4.12. The van der Waals surface area contributed by atoms with Gasteiger partial charge in [-0.05, 0) is 38.8 Å². The Morgan fingerprint density at radius 3 is 1.91 bits per heavy atom. The molecule has 0 saturated carbocycles. The van der Waals surface area contributed by atoms with Gasteiger partial charge in [0.25, 0.3) is 0 Å². The third-order valence-electron chi connectivity index (χ3n) is 5.55. The maximum Gasteiger partial charge on any atom is 0.413 e. The second-order valence-electron chi connectivity index (χ2n) is 9.23. The van der Waals surface area contributed by atoms with E-state index in [1.165, 1.54) is 4.90 Å². The van der Waals surface area contributed by atoms with Crippen LogP contribution in [0.15, 0.2) is 60.7 Å². The number of carboxylic acids is 1. The largest absolute Gasteiger partial charge is 0.478 e. The number of aliphatic carboxylic acids is 1. The minimum Gasteiger partial charge on any atom is -0.478 e. The van der Waals surface area contributed by atoms with Crippen LogP contribution in [0.5, 0.6) is 0 Å². The molecule has 1 aliphatic rings. The lowest BCUT2D eigenvalue weighted by Gasteiger charge is -2.37. The number of hydrogen-bond acceptors (Lipinski definition) is 5. The van der Waals surface area contributed by atoms with Crippen LogP contribution < -0.4 is 0 Å². The van der Waals surface area contributed by atoms with Crippen LogP contribution in [0.25, 0.3) is 0 Å². The van der Waals surface area contributed by atoms with Crippen LogP contribution in [-0.2, 0) is 27.4 Å². The third kappa shape index (κ3) is 5.87. The number of nitrogens with zero attached hydrogens (tertiary/aromatic N) is 2. The molecule has 1 unspecified atom stereocenters. The van der Waals surface area contributed by atoms with Gasteiger partial charge in [0.2, 0.25) is 6.10 Å². The number of carbonyl (C=O) groups is 2. The Bertz CT molecular complexity index is 857. The van der Waals surface area contributed by atoms with Crippen LogP contribution in [0.2, 0.25) is 0 Å². The van der Waals surface area contributed by atoms with E-state index in [4.69, 9.17) is 9.47 Å². The summed E-state index contributed by atoms with van der Waals surface area (Å²) in [7, 11) is 0. The van der Waals surface area contributed by atoms with Crippen molar-refractivity contribution in [2.75, 3.05) is 13.2 Å². The van der Waals surface area contributed by atoms with E-state index in [0.717, 1.165) is 11.1 Å². The van der Waals surface area contributed by atoms with E-state index in [2.05, 4.69) is 0 Å². The first-order valence-corrected chi connectivity index (χ1v) is 10.8. The van der Waals surface area contributed by atoms with Crippen LogP contribution in [0.1, 0.15) is 38.8 Å². The molecule has 0 aromatic heterocycles. The standard InChI is InChI=1S/C25H32N2O5/c1-24(2)18-31-25(3,4)27(24)23(30)32-21(22(28)29)17-26(15-19-11-7-5-8-12-19)16-20-13-9-6-10-14-20/h5-14,21H,15-18H2,1-4H3,(H,28,29). The van der Waals surface area contributed by atoms with Crippen molar-refractivity contribution in [3.8, 4) is 0 Å². The first-order chi connectivity index (χ1) is 15.1. The van der Waals surface area contributed by atoms with Crippen molar-refractivity contribution in [3.05, 3.63) is 71.8 Å². The first kappa shape index (κ1) is 23.8. The second kappa shape index (κ2) is 9.71. The molecular weight excluding hydrogens is 408 g/mol. The fourth-order valence-corrected chi connectivity index (χ4v) is 4.12. The van der Waals surface area contributed by atoms with Gasteiger partial charge in [0.1, 0.15) is 5.72 Å². The molecule has 0 aliphatic carbocycles. The maximum atomic E-state index is 13.0. The van der Waals surface area contributed by atoms with Crippen LogP contribution in [0, 0.1) is 0 Å². The summed E-state index contributed by atoms with van der Waals surface area (Å²) in [5.74, 6) is -1.18. The zero-order valence-corrected chi connectivity index (χ0v) is 19.2. The van der Waals surface area contributed by atoms with Gasteiger partial charge >= 0.3 is 12.1 Å². The van der Waals surface area contributed by atoms with Crippen molar-refractivity contribution in [1.82, 2.24) is 9.80 Å². The number of carboxylic acid groups (broad SMARTS) is 1. The van der Waals surface area contributed by atoms with E-state index >= 15 is 0 Å². The Hall–Kier alpha value is -2.90. The van der Waals surface area contributed by atoms with E-state index < -0.39 is 29.4 Å². The molecular formula is C25H32N2O5. The zero-order chi connectivity index (χ0) is 23.4. The lowest BCUT2D eigenvalue weighted by Crippen LogP contribution is -2.54. The molecule has 1 N–H and O–H groups in total. The summed E-state index contributed by atoms with van der Waals surface area (Å²) < 4.78 is 11.3. The molecule has 2 aromatic carbocycles. The van der Waals surface area contributed by atoms with E-state index in [1.807, 2.05) is 79.4 Å². The molecule has 3 rings (SSSR count).